The number of thioether (sulfide) groups is 1. The molecule has 8 heteroatoms. The summed E-state index contributed by atoms with van der Waals surface area (Å²) in [5.41, 5.74) is -0.317. The van der Waals surface area contributed by atoms with Crippen LogP contribution in [-0.2, 0) is 9.59 Å². The van der Waals surface area contributed by atoms with Gasteiger partial charge in [-0.05, 0) is 26.2 Å². The van der Waals surface area contributed by atoms with Gasteiger partial charge in [-0.2, -0.15) is 0 Å². The van der Waals surface area contributed by atoms with Crippen molar-refractivity contribution in [1.29, 1.82) is 0 Å². The second-order valence-electron chi connectivity index (χ2n) is 7.25. The lowest BCUT2D eigenvalue weighted by Crippen LogP contribution is -2.41. The van der Waals surface area contributed by atoms with Crippen molar-refractivity contribution < 1.29 is 9.59 Å². The average Bonchev–Trinajstić information content (AvgIpc) is 2.68. The summed E-state index contributed by atoms with van der Waals surface area (Å²) in [4.78, 5) is 23.5. The van der Waals surface area contributed by atoms with E-state index >= 15 is 0 Å². The van der Waals surface area contributed by atoms with Crippen LogP contribution in [0.25, 0.3) is 0 Å². The second kappa shape index (κ2) is 7.41. The van der Waals surface area contributed by atoms with Gasteiger partial charge >= 0.3 is 0 Å². The second-order valence-corrected chi connectivity index (χ2v) is 9.45. The van der Waals surface area contributed by atoms with Crippen LogP contribution in [0.2, 0.25) is 0 Å². The summed E-state index contributed by atoms with van der Waals surface area (Å²) >= 11 is 2.59. The van der Waals surface area contributed by atoms with Crippen LogP contribution in [0.3, 0.4) is 0 Å². The summed E-state index contributed by atoms with van der Waals surface area (Å²) in [6.07, 6.45) is 0.420. The quantitative estimate of drug-likeness (QED) is 0.634. The molecule has 2 N–H and O–H groups in total. The largest absolute Gasteiger partial charge is 0.351 e. The molecule has 0 fully saturated rings. The van der Waals surface area contributed by atoms with Crippen molar-refractivity contribution in [3.8, 4) is 0 Å². The molecule has 1 aromatic rings. The highest BCUT2D eigenvalue weighted by atomic mass is 32.2. The molecule has 0 radical (unpaired) electrons. The van der Waals surface area contributed by atoms with E-state index in [1.807, 2.05) is 41.5 Å². The summed E-state index contributed by atoms with van der Waals surface area (Å²) in [6.45, 7) is 11.8. The number of carbonyl (C=O) groups excluding carboxylic acids is 2. The fourth-order valence-electron chi connectivity index (χ4n) is 1.55. The first kappa shape index (κ1) is 18.9. The van der Waals surface area contributed by atoms with Gasteiger partial charge in [0.1, 0.15) is 0 Å². The zero-order valence-electron chi connectivity index (χ0n) is 13.9. The standard InChI is InChI=1S/C14H24N4O2S2/c1-13(2,3)7-9(19)15-11-17-18-12(22-11)21-8-10(20)16-14(4,5)6/h7-8H2,1-6H3,(H,16,20)(H,15,17,19). The molecule has 0 aromatic carbocycles. The Bertz CT molecular complexity index is 530. The first-order valence-corrected chi connectivity index (χ1v) is 8.82. The SMILES string of the molecule is CC(C)(C)CC(=O)Nc1nnc(SCC(=O)NC(C)(C)C)s1. The Labute approximate surface area is 139 Å². The molecule has 0 aliphatic heterocycles. The summed E-state index contributed by atoms with van der Waals surface area (Å²) in [5.74, 6) is 0.152. The van der Waals surface area contributed by atoms with Crippen LogP contribution < -0.4 is 10.6 Å². The molecule has 6 nitrogen and oxygen atoms in total. The van der Waals surface area contributed by atoms with Gasteiger partial charge in [0.25, 0.3) is 0 Å². The molecule has 0 unspecified atom stereocenters. The van der Waals surface area contributed by atoms with Gasteiger partial charge < -0.3 is 10.6 Å². The van der Waals surface area contributed by atoms with Crippen LogP contribution >= 0.6 is 23.1 Å². The molecular weight excluding hydrogens is 320 g/mol. The van der Waals surface area contributed by atoms with Gasteiger partial charge in [-0.15, -0.1) is 10.2 Å². The summed E-state index contributed by atoms with van der Waals surface area (Å²) in [5, 5.41) is 14.0. The Balaban J connectivity index is 2.45. The lowest BCUT2D eigenvalue weighted by molar-refractivity contribution is -0.120. The zero-order chi connectivity index (χ0) is 17.0. The molecule has 0 saturated heterocycles. The number of amides is 2. The first-order chi connectivity index (χ1) is 9.94. The number of nitrogens with zero attached hydrogens (tertiary/aromatic N) is 2. The maximum absolute atomic E-state index is 11.8. The third kappa shape index (κ3) is 8.33. The van der Waals surface area contributed by atoms with Gasteiger partial charge in [0.15, 0.2) is 4.34 Å². The van der Waals surface area contributed by atoms with E-state index in [9.17, 15) is 9.59 Å². The summed E-state index contributed by atoms with van der Waals surface area (Å²) < 4.78 is 0.662. The maximum Gasteiger partial charge on any atom is 0.230 e. The van der Waals surface area contributed by atoms with Crippen LogP contribution in [0.1, 0.15) is 48.0 Å². The molecule has 1 heterocycles. The minimum Gasteiger partial charge on any atom is -0.351 e. The number of hydrogen-bond acceptors (Lipinski definition) is 6. The maximum atomic E-state index is 11.8. The third-order valence-electron chi connectivity index (χ3n) is 2.18. The van der Waals surface area contributed by atoms with Crippen molar-refractivity contribution in [3.63, 3.8) is 0 Å². The van der Waals surface area contributed by atoms with Crippen molar-refractivity contribution in [3.05, 3.63) is 0 Å². The van der Waals surface area contributed by atoms with E-state index in [1.165, 1.54) is 23.1 Å². The third-order valence-corrected chi connectivity index (χ3v) is 4.16. The topological polar surface area (TPSA) is 84.0 Å². The number of rotatable bonds is 5. The van der Waals surface area contributed by atoms with Gasteiger partial charge in [-0.25, -0.2) is 0 Å². The van der Waals surface area contributed by atoms with Gasteiger partial charge in [-0.3, -0.25) is 9.59 Å². The molecule has 124 valence electrons. The normalized spacial score (nSPS) is 12.1. The minimum atomic E-state index is -0.245. The Kier molecular flexibility index (Phi) is 6.37. The Morgan fingerprint density at radius 3 is 2.27 bits per heavy atom. The van der Waals surface area contributed by atoms with Gasteiger partial charge in [0, 0.05) is 12.0 Å². The van der Waals surface area contributed by atoms with E-state index in [4.69, 9.17) is 0 Å². The first-order valence-electron chi connectivity index (χ1n) is 7.02. The highest BCUT2D eigenvalue weighted by molar-refractivity contribution is 8.01. The van der Waals surface area contributed by atoms with Crippen molar-refractivity contribution >= 4 is 40.0 Å². The fraction of sp³-hybridized carbons (Fsp3) is 0.714. The Hall–Kier alpha value is -1.15. The number of nitrogens with one attached hydrogen (secondary N) is 2. The van der Waals surface area contributed by atoms with E-state index < -0.39 is 0 Å². The number of anilines is 1. The summed E-state index contributed by atoms with van der Waals surface area (Å²) in [6, 6.07) is 0. The molecule has 0 saturated carbocycles. The van der Waals surface area contributed by atoms with Crippen LogP contribution in [0.4, 0.5) is 5.13 Å². The van der Waals surface area contributed by atoms with Crippen molar-refractivity contribution in [2.24, 2.45) is 5.41 Å². The van der Waals surface area contributed by atoms with Crippen LogP contribution in [-0.4, -0.2) is 33.3 Å². The van der Waals surface area contributed by atoms with Crippen molar-refractivity contribution in [2.75, 3.05) is 11.1 Å². The minimum absolute atomic E-state index is 0.0500. The van der Waals surface area contributed by atoms with Gasteiger partial charge in [-0.1, -0.05) is 43.9 Å². The number of hydrogen-bond donors (Lipinski definition) is 2. The molecule has 0 spiro atoms. The number of carbonyl (C=O) groups is 2. The predicted octanol–water partition coefficient (Wildman–Crippen LogP) is 2.92. The lowest BCUT2D eigenvalue weighted by Gasteiger charge is -2.19. The van der Waals surface area contributed by atoms with Crippen LogP contribution in [0.5, 0.6) is 0 Å². The molecule has 0 aliphatic carbocycles. The van der Waals surface area contributed by atoms with E-state index in [2.05, 4.69) is 20.8 Å². The molecule has 1 rings (SSSR count). The van der Waals surface area contributed by atoms with E-state index in [-0.39, 0.29) is 28.5 Å². The molecule has 22 heavy (non-hydrogen) atoms. The molecule has 2 amide bonds. The highest BCUT2D eigenvalue weighted by Crippen LogP contribution is 2.26. The molecule has 1 aromatic heterocycles. The van der Waals surface area contributed by atoms with Crippen molar-refractivity contribution in [2.45, 2.75) is 57.8 Å². The van der Waals surface area contributed by atoms with E-state index in [0.29, 0.717) is 15.9 Å². The number of aromatic nitrogens is 2. The summed E-state index contributed by atoms with van der Waals surface area (Å²) in [7, 11) is 0. The molecule has 0 atom stereocenters. The Morgan fingerprint density at radius 1 is 1.09 bits per heavy atom. The zero-order valence-corrected chi connectivity index (χ0v) is 15.6. The van der Waals surface area contributed by atoms with Gasteiger partial charge in [0.2, 0.25) is 16.9 Å². The van der Waals surface area contributed by atoms with Crippen LogP contribution in [0.15, 0.2) is 4.34 Å². The van der Waals surface area contributed by atoms with E-state index in [0.717, 1.165) is 0 Å². The molecular formula is C14H24N4O2S2. The smallest absolute Gasteiger partial charge is 0.230 e. The predicted molar refractivity (Wildman–Crippen MR) is 91.2 cm³/mol. The molecule has 0 bridgehead atoms. The Morgan fingerprint density at radius 2 is 1.73 bits per heavy atom. The van der Waals surface area contributed by atoms with Crippen molar-refractivity contribution in [1.82, 2.24) is 15.5 Å². The van der Waals surface area contributed by atoms with Gasteiger partial charge in [0.05, 0.1) is 5.75 Å². The monoisotopic (exact) mass is 344 g/mol. The average molecular weight is 345 g/mol. The highest BCUT2D eigenvalue weighted by Gasteiger charge is 2.18. The fourth-order valence-corrected chi connectivity index (χ4v) is 3.11. The molecule has 0 aliphatic rings. The van der Waals surface area contributed by atoms with E-state index in [1.54, 1.807) is 0 Å². The lowest BCUT2D eigenvalue weighted by atomic mass is 9.92. The van der Waals surface area contributed by atoms with Crippen LogP contribution in [0, 0.1) is 5.41 Å².